The molecule has 0 aliphatic carbocycles. The molecule has 0 unspecified atom stereocenters. The van der Waals surface area contributed by atoms with E-state index in [0.717, 1.165) is 22.3 Å². The molecule has 34 heavy (non-hydrogen) atoms. The lowest BCUT2D eigenvalue weighted by Crippen LogP contribution is -2.33. The summed E-state index contributed by atoms with van der Waals surface area (Å²) in [6.45, 7) is 5.01. The Morgan fingerprint density at radius 2 is 1.71 bits per heavy atom. The topological polar surface area (TPSA) is 84.2 Å². The lowest BCUT2D eigenvalue weighted by atomic mass is 10.0. The molecule has 0 saturated heterocycles. The minimum absolute atomic E-state index is 0.0449. The highest BCUT2D eigenvalue weighted by molar-refractivity contribution is 5.90. The molecule has 1 amide bonds. The molecule has 0 saturated carbocycles. The number of amides is 1. The van der Waals surface area contributed by atoms with Crippen LogP contribution in [0.5, 0.6) is 0 Å². The van der Waals surface area contributed by atoms with Gasteiger partial charge in [0.05, 0.1) is 5.56 Å². The first-order valence-corrected chi connectivity index (χ1v) is 10.8. The molecule has 0 aliphatic rings. The molecule has 1 aromatic heterocycles. The molecule has 180 valence electrons. The lowest BCUT2D eigenvalue weighted by molar-refractivity contribution is -0.137. The maximum Gasteiger partial charge on any atom is 0.416 e. The predicted octanol–water partition coefficient (Wildman–Crippen LogP) is 4.53. The first kappa shape index (κ1) is 25.2. The van der Waals surface area contributed by atoms with Gasteiger partial charge in [-0.1, -0.05) is 38.1 Å². The second-order valence-electron chi connectivity index (χ2n) is 8.26. The number of aliphatic hydroxyl groups is 1. The molecule has 0 spiro atoms. The summed E-state index contributed by atoms with van der Waals surface area (Å²) in [6, 6.07) is 11.6. The van der Waals surface area contributed by atoms with E-state index < -0.39 is 29.8 Å². The molecule has 3 rings (SSSR count). The van der Waals surface area contributed by atoms with Gasteiger partial charge in [0.2, 0.25) is 5.91 Å². The molecule has 1 heterocycles. The van der Waals surface area contributed by atoms with E-state index in [0.29, 0.717) is 17.3 Å². The third kappa shape index (κ3) is 5.72. The Morgan fingerprint density at radius 3 is 2.24 bits per heavy atom. The van der Waals surface area contributed by atoms with Crippen molar-refractivity contribution in [2.45, 2.75) is 45.8 Å². The van der Waals surface area contributed by atoms with Gasteiger partial charge in [-0.15, -0.1) is 0 Å². The highest BCUT2D eigenvalue weighted by Gasteiger charge is 2.30. The lowest BCUT2D eigenvalue weighted by Gasteiger charge is -2.16. The van der Waals surface area contributed by atoms with Crippen molar-refractivity contribution in [3.05, 3.63) is 81.3 Å². The minimum Gasteiger partial charge on any atom is -0.396 e. The van der Waals surface area contributed by atoms with E-state index in [1.54, 1.807) is 19.1 Å². The number of hydrogen-bond acceptors (Lipinski definition) is 4. The second kappa shape index (κ2) is 10.2. The molecule has 0 bridgehead atoms. The van der Waals surface area contributed by atoms with Gasteiger partial charge in [0.25, 0.3) is 5.56 Å². The van der Waals surface area contributed by atoms with Crippen molar-refractivity contribution in [1.82, 2.24) is 9.55 Å². The normalized spacial score (nSPS) is 11.6. The van der Waals surface area contributed by atoms with Crippen LogP contribution in [0.25, 0.3) is 11.4 Å². The fourth-order valence-electron chi connectivity index (χ4n) is 3.57. The van der Waals surface area contributed by atoms with Gasteiger partial charge in [-0.05, 0) is 42.7 Å². The zero-order valence-corrected chi connectivity index (χ0v) is 19.1. The smallest absolute Gasteiger partial charge is 0.396 e. The Labute approximate surface area is 195 Å². The summed E-state index contributed by atoms with van der Waals surface area (Å²) < 4.78 is 40.0. The van der Waals surface area contributed by atoms with Crippen LogP contribution in [0.4, 0.5) is 18.9 Å². The largest absolute Gasteiger partial charge is 0.416 e. The van der Waals surface area contributed by atoms with E-state index in [9.17, 15) is 27.9 Å². The van der Waals surface area contributed by atoms with Crippen molar-refractivity contribution in [1.29, 1.82) is 0 Å². The van der Waals surface area contributed by atoms with Gasteiger partial charge in [-0.25, -0.2) is 4.98 Å². The summed E-state index contributed by atoms with van der Waals surface area (Å²) in [4.78, 5) is 30.3. The van der Waals surface area contributed by atoms with E-state index in [1.807, 2.05) is 12.1 Å². The van der Waals surface area contributed by atoms with Crippen LogP contribution in [0, 0.1) is 6.92 Å². The third-order valence-electron chi connectivity index (χ3n) is 5.46. The van der Waals surface area contributed by atoms with Crippen LogP contribution in [0.1, 0.15) is 42.1 Å². The Balaban J connectivity index is 1.98. The third-order valence-corrected chi connectivity index (χ3v) is 5.46. The first-order valence-electron chi connectivity index (χ1n) is 10.8. The maximum absolute atomic E-state index is 13.2. The number of alkyl halides is 3. The van der Waals surface area contributed by atoms with E-state index in [4.69, 9.17) is 0 Å². The average molecular weight is 473 g/mol. The molecule has 6 nitrogen and oxygen atoms in total. The van der Waals surface area contributed by atoms with E-state index in [-0.39, 0.29) is 30.0 Å². The van der Waals surface area contributed by atoms with Crippen molar-refractivity contribution in [3.63, 3.8) is 0 Å². The molecule has 3 aromatic rings. The number of anilines is 1. The molecule has 2 aromatic carbocycles. The van der Waals surface area contributed by atoms with E-state index >= 15 is 0 Å². The summed E-state index contributed by atoms with van der Waals surface area (Å²) in [7, 11) is 0. The molecule has 2 N–H and O–H groups in total. The number of nitrogens with one attached hydrogen (secondary N) is 1. The highest BCUT2D eigenvalue weighted by Crippen LogP contribution is 2.30. The Morgan fingerprint density at radius 1 is 1.09 bits per heavy atom. The highest BCUT2D eigenvalue weighted by atomic mass is 19.4. The number of aryl methyl sites for hydroxylation is 1. The standard InChI is InChI=1S/C25H26F3N3O3/c1-15(2)17-6-10-20(11-7-17)30-22(33)14-31-23(29-16(3)21(12-13-32)24(31)34)18-4-8-19(9-5-18)25(26,27)28/h4-11,15,32H,12-14H2,1-3H3,(H,30,33). The number of carbonyl (C=O) groups is 1. The van der Waals surface area contributed by atoms with Crippen molar-refractivity contribution in [3.8, 4) is 11.4 Å². The zero-order valence-electron chi connectivity index (χ0n) is 19.1. The number of hydrogen-bond donors (Lipinski definition) is 2. The van der Waals surface area contributed by atoms with Gasteiger partial charge in [-0.2, -0.15) is 13.2 Å². The van der Waals surface area contributed by atoms with Crippen molar-refractivity contribution >= 4 is 11.6 Å². The Bertz CT molecular complexity index is 1220. The molecule has 0 fully saturated rings. The fraction of sp³-hybridized carbons (Fsp3) is 0.320. The fourth-order valence-corrected chi connectivity index (χ4v) is 3.57. The summed E-state index contributed by atoms with van der Waals surface area (Å²) in [5, 5.41) is 12.1. The van der Waals surface area contributed by atoms with Gasteiger partial charge in [0.15, 0.2) is 0 Å². The molecular weight excluding hydrogens is 447 g/mol. The van der Waals surface area contributed by atoms with E-state index in [2.05, 4.69) is 24.1 Å². The maximum atomic E-state index is 13.2. The van der Waals surface area contributed by atoms with Crippen LogP contribution in [0.3, 0.4) is 0 Å². The summed E-state index contributed by atoms with van der Waals surface area (Å²) in [5.41, 5.74) is 1.15. The van der Waals surface area contributed by atoms with Crippen LogP contribution in [0.15, 0.2) is 53.3 Å². The monoisotopic (exact) mass is 473 g/mol. The second-order valence-corrected chi connectivity index (χ2v) is 8.26. The van der Waals surface area contributed by atoms with Gasteiger partial charge >= 0.3 is 6.18 Å². The molecular formula is C25H26F3N3O3. The SMILES string of the molecule is Cc1nc(-c2ccc(C(F)(F)F)cc2)n(CC(=O)Nc2ccc(C(C)C)cc2)c(=O)c1CCO. The number of carbonyl (C=O) groups excluding carboxylic acids is 1. The van der Waals surface area contributed by atoms with Crippen LogP contribution >= 0.6 is 0 Å². The number of nitrogens with zero attached hydrogens (tertiary/aromatic N) is 2. The van der Waals surface area contributed by atoms with Gasteiger partial charge in [0, 0.05) is 35.5 Å². The number of aromatic nitrogens is 2. The first-order chi connectivity index (χ1) is 16.0. The van der Waals surface area contributed by atoms with Gasteiger partial charge in [0.1, 0.15) is 12.4 Å². The molecule has 0 radical (unpaired) electrons. The summed E-state index contributed by atoms with van der Waals surface area (Å²) >= 11 is 0. The number of rotatable bonds is 7. The quantitative estimate of drug-likeness (QED) is 0.528. The zero-order chi connectivity index (χ0) is 25.0. The average Bonchev–Trinajstić information content (AvgIpc) is 2.78. The summed E-state index contributed by atoms with van der Waals surface area (Å²) in [6.07, 6.45) is -4.46. The van der Waals surface area contributed by atoms with Crippen LogP contribution in [-0.4, -0.2) is 27.2 Å². The summed E-state index contributed by atoms with van der Waals surface area (Å²) in [5.74, 6) is -0.0884. The van der Waals surface area contributed by atoms with Crippen molar-refractivity contribution in [2.75, 3.05) is 11.9 Å². The number of benzene rings is 2. The Kier molecular flexibility index (Phi) is 7.56. The van der Waals surface area contributed by atoms with E-state index in [1.165, 1.54) is 12.1 Å². The van der Waals surface area contributed by atoms with Gasteiger partial charge in [-0.3, -0.25) is 14.2 Å². The van der Waals surface area contributed by atoms with Crippen LogP contribution < -0.4 is 10.9 Å². The van der Waals surface area contributed by atoms with Crippen molar-refractivity contribution < 1.29 is 23.1 Å². The Hall–Kier alpha value is -3.46. The van der Waals surface area contributed by atoms with Gasteiger partial charge < -0.3 is 10.4 Å². The molecule has 0 aliphatic heterocycles. The molecule has 0 atom stereocenters. The molecule has 9 heteroatoms. The predicted molar refractivity (Wildman–Crippen MR) is 124 cm³/mol. The van der Waals surface area contributed by atoms with Crippen molar-refractivity contribution in [2.24, 2.45) is 0 Å². The minimum atomic E-state index is -4.50. The number of aliphatic hydroxyl groups excluding tert-OH is 1. The van der Waals surface area contributed by atoms with Crippen LogP contribution in [-0.2, 0) is 23.9 Å². The van der Waals surface area contributed by atoms with Crippen LogP contribution in [0.2, 0.25) is 0 Å². The number of halogens is 3.